The summed E-state index contributed by atoms with van der Waals surface area (Å²) in [6.07, 6.45) is 1.86. The van der Waals surface area contributed by atoms with Crippen LogP contribution in [0.2, 0.25) is 0 Å². The van der Waals surface area contributed by atoms with Gasteiger partial charge in [-0.3, -0.25) is 0 Å². The molecule has 0 atom stereocenters. The molecule has 2 amide bonds. The molecule has 0 aliphatic rings. The number of ether oxygens (including phenoxy) is 3. The van der Waals surface area contributed by atoms with Crippen LogP contribution in [0, 0.1) is 5.41 Å². The van der Waals surface area contributed by atoms with E-state index < -0.39 is 17.8 Å². The Balaban J connectivity index is 1.52. The first-order valence-corrected chi connectivity index (χ1v) is 13.6. The molecule has 0 saturated carbocycles. The van der Waals surface area contributed by atoms with E-state index in [9.17, 15) is 9.59 Å². The number of imide groups is 1. The zero-order valence-electron chi connectivity index (χ0n) is 24.8. The van der Waals surface area contributed by atoms with Gasteiger partial charge in [0.05, 0.1) is 17.9 Å². The smallest absolute Gasteiger partial charge is 0.425 e. The van der Waals surface area contributed by atoms with Crippen molar-refractivity contribution in [1.82, 2.24) is 15.1 Å². The number of carbonyl (C=O) groups excluding carboxylic acids is 2. The molecule has 3 heterocycles. The van der Waals surface area contributed by atoms with Crippen LogP contribution in [0.3, 0.4) is 0 Å². The van der Waals surface area contributed by atoms with Crippen LogP contribution in [-0.2, 0) is 22.5 Å². The number of pyridine rings is 2. The van der Waals surface area contributed by atoms with E-state index in [1.165, 1.54) is 6.20 Å². The third-order valence-electron chi connectivity index (χ3n) is 5.64. The van der Waals surface area contributed by atoms with Crippen LogP contribution >= 0.6 is 0 Å². The summed E-state index contributed by atoms with van der Waals surface area (Å²) in [4.78, 5) is 35.7. The van der Waals surface area contributed by atoms with Gasteiger partial charge in [-0.25, -0.2) is 19.6 Å². The van der Waals surface area contributed by atoms with E-state index in [-0.39, 0.29) is 17.8 Å². The molecule has 220 valence electrons. The quantitative estimate of drug-likeness (QED) is 0.215. The average molecular weight is 573 g/mol. The minimum atomic E-state index is -0.909. The highest BCUT2D eigenvalue weighted by Crippen LogP contribution is 2.32. The van der Waals surface area contributed by atoms with Crippen molar-refractivity contribution in [2.24, 2.45) is 5.41 Å². The number of rotatable bonds is 8. The molecule has 0 radical (unpaired) electrons. The first-order valence-electron chi connectivity index (χ1n) is 13.6. The molecule has 0 N–H and O–H groups in total. The third-order valence-corrected chi connectivity index (χ3v) is 5.64. The van der Waals surface area contributed by atoms with Gasteiger partial charge in [0.15, 0.2) is 11.6 Å². The summed E-state index contributed by atoms with van der Waals surface area (Å²) < 4.78 is 22.4. The molecule has 3 aromatic heterocycles. The molecule has 1 aromatic carbocycles. The number of hydrogen-bond acceptors (Lipinski definition) is 9. The first kappa shape index (κ1) is 30.2. The van der Waals surface area contributed by atoms with Crippen LogP contribution in [0.1, 0.15) is 58.4 Å². The number of hydrogen-bond donors (Lipinski definition) is 0. The highest BCUT2D eigenvalue weighted by Gasteiger charge is 2.34. The summed E-state index contributed by atoms with van der Waals surface area (Å²) >= 11 is 0. The van der Waals surface area contributed by atoms with Crippen molar-refractivity contribution in [3.63, 3.8) is 0 Å². The Morgan fingerprint density at radius 2 is 1.57 bits per heavy atom. The molecule has 0 aliphatic heterocycles. The van der Waals surface area contributed by atoms with Gasteiger partial charge in [-0.15, -0.1) is 0 Å². The van der Waals surface area contributed by atoms with E-state index >= 15 is 0 Å². The van der Waals surface area contributed by atoms with E-state index in [2.05, 4.69) is 15.1 Å². The predicted octanol–water partition coefficient (Wildman–Crippen LogP) is 7.23. The van der Waals surface area contributed by atoms with Crippen LogP contribution < -0.4 is 9.64 Å². The van der Waals surface area contributed by atoms with Crippen LogP contribution in [0.5, 0.6) is 5.88 Å². The summed E-state index contributed by atoms with van der Waals surface area (Å²) in [5.74, 6) is 0.926. The number of anilines is 1. The molecule has 0 saturated heterocycles. The third kappa shape index (κ3) is 8.63. The summed E-state index contributed by atoms with van der Waals surface area (Å²) in [7, 11) is 0. The Hall–Kier alpha value is -4.73. The second kappa shape index (κ2) is 12.8. The van der Waals surface area contributed by atoms with Gasteiger partial charge in [-0.1, -0.05) is 56.3 Å². The lowest BCUT2D eigenvalue weighted by Crippen LogP contribution is -2.42. The van der Waals surface area contributed by atoms with Crippen molar-refractivity contribution in [3.05, 3.63) is 89.9 Å². The van der Waals surface area contributed by atoms with Gasteiger partial charge in [0.2, 0.25) is 5.88 Å². The maximum Gasteiger partial charge on any atom is 0.425 e. The van der Waals surface area contributed by atoms with E-state index in [0.717, 1.165) is 16.0 Å². The van der Waals surface area contributed by atoms with Crippen LogP contribution in [0.4, 0.5) is 15.4 Å². The standard InChI is InChI=1S/C32H36N4O6/c1-31(2,3)21-40-29(37)36(30(38)41-32(4,5)6)28-25(10-9-17-34-28)26-19-24(35-42-26)18-22-12-14-23(15-13-22)20-39-27-11-7-8-16-33-27/h7-17,19H,18,20-21H2,1-6H3. The van der Waals surface area contributed by atoms with Gasteiger partial charge in [0.1, 0.15) is 12.2 Å². The van der Waals surface area contributed by atoms with Crippen molar-refractivity contribution >= 4 is 18.0 Å². The fraction of sp³-hybridized carbons (Fsp3) is 0.344. The molecule has 10 nitrogen and oxygen atoms in total. The minimum absolute atomic E-state index is 0.0191. The van der Waals surface area contributed by atoms with Crippen molar-refractivity contribution in [2.45, 2.75) is 60.2 Å². The lowest BCUT2D eigenvalue weighted by Gasteiger charge is -2.27. The number of amides is 2. The van der Waals surface area contributed by atoms with Crippen LogP contribution in [0.25, 0.3) is 11.3 Å². The van der Waals surface area contributed by atoms with Crippen molar-refractivity contribution in [2.75, 3.05) is 11.5 Å². The monoisotopic (exact) mass is 572 g/mol. The van der Waals surface area contributed by atoms with E-state index in [1.54, 1.807) is 45.2 Å². The topological polar surface area (TPSA) is 117 Å². The fourth-order valence-electron chi connectivity index (χ4n) is 3.74. The van der Waals surface area contributed by atoms with Gasteiger partial charge in [-0.2, -0.15) is 4.90 Å². The second-order valence-electron chi connectivity index (χ2n) is 11.9. The van der Waals surface area contributed by atoms with Gasteiger partial charge in [0, 0.05) is 30.9 Å². The Bertz CT molecular complexity index is 1490. The molecule has 42 heavy (non-hydrogen) atoms. The molecule has 0 bridgehead atoms. The average Bonchev–Trinajstić information content (AvgIpc) is 3.39. The lowest BCUT2D eigenvalue weighted by atomic mass is 9.99. The molecule has 0 spiro atoms. The van der Waals surface area contributed by atoms with Gasteiger partial charge in [0.25, 0.3) is 0 Å². The largest absolute Gasteiger partial charge is 0.473 e. The Labute approximate surface area is 245 Å². The number of nitrogens with zero attached hydrogens (tertiary/aromatic N) is 4. The fourth-order valence-corrected chi connectivity index (χ4v) is 3.74. The molecular weight excluding hydrogens is 536 g/mol. The van der Waals surface area contributed by atoms with Crippen molar-refractivity contribution < 1.29 is 28.3 Å². The maximum absolute atomic E-state index is 13.2. The van der Waals surface area contributed by atoms with Crippen molar-refractivity contribution in [1.29, 1.82) is 0 Å². The molecule has 10 heteroatoms. The molecule has 0 unspecified atom stereocenters. The zero-order valence-corrected chi connectivity index (χ0v) is 24.8. The van der Waals surface area contributed by atoms with Gasteiger partial charge in [-0.05, 0) is 55.5 Å². The Kier molecular flexibility index (Phi) is 9.25. The lowest BCUT2D eigenvalue weighted by molar-refractivity contribution is 0.0548. The highest BCUT2D eigenvalue weighted by atomic mass is 16.6. The zero-order chi connectivity index (χ0) is 30.3. The first-order chi connectivity index (χ1) is 19.9. The summed E-state index contributed by atoms with van der Waals surface area (Å²) in [5, 5.41) is 4.22. The second-order valence-corrected chi connectivity index (χ2v) is 11.9. The summed E-state index contributed by atoms with van der Waals surface area (Å²) in [6.45, 7) is 11.4. The number of carbonyl (C=O) groups is 2. The van der Waals surface area contributed by atoms with Gasteiger partial charge >= 0.3 is 12.2 Å². The SMILES string of the molecule is CC(C)(C)COC(=O)N(C(=O)OC(C)(C)C)c1ncccc1-c1cc(Cc2ccc(COc3ccccn3)cc2)no1. The molecule has 4 aromatic rings. The Morgan fingerprint density at radius 1 is 0.857 bits per heavy atom. The van der Waals surface area contributed by atoms with E-state index in [0.29, 0.717) is 35.9 Å². The maximum atomic E-state index is 13.2. The Morgan fingerprint density at radius 3 is 2.24 bits per heavy atom. The normalized spacial score (nSPS) is 11.6. The van der Waals surface area contributed by atoms with Crippen molar-refractivity contribution in [3.8, 4) is 17.2 Å². The van der Waals surface area contributed by atoms with Crippen LogP contribution in [0.15, 0.2) is 77.6 Å². The molecule has 0 aliphatic carbocycles. The molecular formula is C32H36N4O6. The molecule has 0 fully saturated rings. The number of aromatic nitrogens is 3. The predicted molar refractivity (Wildman–Crippen MR) is 157 cm³/mol. The van der Waals surface area contributed by atoms with E-state index in [4.69, 9.17) is 18.7 Å². The van der Waals surface area contributed by atoms with E-state index in [1.807, 2.05) is 63.2 Å². The van der Waals surface area contributed by atoms with Gasteiger partial charge < -0.3 is 18.7 Å². The molecule has 4 rings (SSSR count). The summed E-state index contributed by atoms with van der Waals surface area (Å²) in [5.41, 5.74) is 1.91. The minimum Gasteiger partial charge on any atom is -0.473 e. The number of benzene rings is 1. The summed E-state index contributed by atoms with van der Waals surface area (Å²) in [6, 6.07) is 18.6. The van der Waals surface area contributed by atoms with Crippen LogP contribution in [-0.4, -0.2) is 39.5 Å². The highest BCUT2D eigenvalue weighted by molar-refractivity contribution is 6.10.